The lowest BCUT2D eigenvalue weighted by Gasteiger charge is -2.24. The van der Waals surface area contributed by atoms with Gasteiger partial charge in [-0.2, -0.15) is 0 Å². The molecule has 4 heteroatoms. The molecule has 1 atom stereocenters. The smallest absolute Gasteiger partial charge is 0.408 e. The summed E-state index contributed by atoms with van der Waals surface area (Å²) < 4.78 is 5.30. The van der Waals surface area contributed by atoms with Crippen LogP contribution in [0.4, 0.5) is 4.79 Å². The van der Waals surface area contributed by atoms with Crippen LogP contribution in [0.5, 0.6) is 0 Å². The highest BCUT2D eigenvalue weighted by molar-refractivity contribution is 5.78. The van der Waals surface area contributed by atoms with Gasteiger partial charge in [0.2, 0.25) is 0 Å². The monoisotopic (exact) mass is 315 g/mol. The first-order chi connectivity index (χ1) is 10.9. The van der Waals surface area contributed by atoms with Gasteiger partial charge in [0.05, 0.1) is 6.04 Å². The molecule has 0 bridgehead atoms. The summed E-state index contributed by atoms with van der Waals surface area (Å²) >= 11 is 0. The molecule has 0 aliphatic heterocycles. The van der Waals surface area contributed by atoms with Gasteiger partial charge in [0, 0.05) is 5.57 Å². The Morgan fingerprint density at radius 2 is 1.91 bits per heavy atom. The third-order valence-corrected chi connectivity index (χ3v) is 3.01. The number of carbonyl (C=O) groups excluding carboxylic acids is 2. The molecule has 0 saturated carbocycles. The topological polar surface area (TPSA) is 55.4 Å². The van der Waals surface area contributed by atoms with E-state index in [9.17, 15) is 9.59 Å². The molecule has 1 amide bonds. The van der Waals surface area contributed by atoms with Gasteiger partial charge in [-0.05, 0) is 39.2 Å². The second kappa shape index (κ2) is 8.93. The molecule has 1 rings (SSSR count). The zero-order valence-electron chi connectivity index (χ0n) is 14.0. The normalized spacial score (nSPS) is 13.1. The Morgan fingerprint density at radius 3 is 2.43 bits per heavy atom. The van der Waals surface area contributed by atoms with Crippen LogP contribution in [-0.2, 0) is 9.53 Å². The van der Waals surface area contributed by atoms with E-state index in [2.05, 4.69) is 11.9 Å². The first-order valence-electron chi connectivity index (χ1n) is 7.68. The standard InChI is InChI=1S/C19H25NO3/c1-5-6-8-13-16(14-21)17(15-11-9-7-10-12-15)20-18(22)23-19(2,3)4/h5,7,9-14,17H,1,6,8H2,2-4H3,(H,20,22)/b16-13+/t17-/m1/s1. The second-order valence-corrected chi connectivity index (χ2v) is 6.18. The van der Waals surface area contributed by atoms with E-state index in [1.807, 2.05) is 36.4 Å². The van der Waals surface area contributed by atoms with Gasteiger partial charge in [0.1, 0.15) is 11.9 Å². The van der Waals surface area contributed by atoms with Crippen molar-refractivity contribution in [2.75, 3.05) is 0 Å². The van der Waals surface area contributed by atoms with Crippen molar-refractivity contribution in [3.8, 4) is 0 Å². The Balaban J connectivity index is 3.02. The molecule has 1 N–H and O–H groups in total. The van der Waals surface area contributed by atoms with Crippen molar-refractivity contribution in [2.24, 2.45) is 0 Å². The van der Waals surface area contributed by atoms with Gasteiger partial charge in [-0.15, -0.1) is 6.58 Å². The number of unbranched alkanes of at least 4 members (excludes halogenated alkanes) is 1. The number of carbonyl (C=O) groups is 2. The van der Waals surface area contributed by atoms with Crippen LogP contribution in [0.2, 0.25) is 0 Å². The molecule has 0 aliphatic rings. The van der Waals surface area contributed by atoms with Crippen LogP contribution in [0.25, 0.3) is 0 Å². The molecule has 0 spiro atoms. The lowest BCUT2D eigenvalue weighted by atomic mass is 9.98. The number of rotatable bonds is 7. The molecular weight excluding hydrogens is 290 g/mol. The van der Waals surface area contributed by atoms with Crippen molar-refractivity contribution in [3.63, 3.8) is 0 Å². The lowest BCUT2D eigenvalue weighted by Crippen LogP contribution is -2.36. The second-order valence-electron chi connectivity index (χ2n) is 6.18. The summed E-state index contributed by atoms with van der Waals surface area (Å²) in [6.07, 6.45) is 5.30. The van der Waals surface area contributed by atoms with E-state index >= 15 is 0 Å². The average molecular weight is 315 g/mol. The summed E-state index contributed by atoms with van der Waals surface area (Å²) in [7, 11) is 0. The maximum absolute atomic E-state index is 12.1. The van der Waals surface area contributed by atoms with Gasteiger partial charge < -0.3 is 10.1 Å². The molecule has 0 aromatic heterocycles. The van der Waals surface area contributed by atoms with Crippen molar-refractivity contribution in [1.29, 1.82) is 0 Å². The van der Waals surface area contributed by atoms with Crippen molar-refractivity contribution < 1.29 is 14.3 Å². The molecule has 124 valence electrons. The first-order valence-corrected chi connectivity index (χ1v) is 7.68. The van der Waals surface area contributed by atoms with Gasteiger partial charge in [-0.25, -0.2) is 4.79 Å². The van der Waals surface area contributed by atoms with Crippen molar-refractivity contribution >= 4 is 12.4 Å². The van der Waals surface area contributed by atoms with E-state index < -0.39 is 17.7 Å². The molecule has 0 fully saturated rings. The number of amides is 1. The summed E-state index contributed by atoms with van der Waals surface area (Å²) in [6.45, 7) is 9.06. The third kappa shape index (κ3) is 6.96. The van der Waals surface area contributed by atoms with Crippen molar-refractivity contribution in [3.05, 3.63) is 60.2 Å². The Bertz CT molecular complexity index is 556. The van der Waals surface area contributed by atoms with Gasteiger partial charge >= 0.3 is 6.09 Å². The largest absolute Gasteiger partial charge is 0.444 e. The summed E-state index contributed by atoms with van der Waals surface area (Å²) in [5.41, 5.74) is 0.735. The number of ether oxygens (including phenoxy) is 1. The summed E-state index contributed by atoms with van der Waals surface area (Å²) in [5, 5.41) is 2.78. The highest BCUT2D eigenvalue weighted by atomic mass is 16.6. The predicted molar refractivity (Wildman–Crippen MR) is 92.1 cm³/mol. The van der Waals surface area contributed by atoms with Crippen LogP contribution in [0.3, 0.4) is 0 Å². The van der Waals surface area contributed by atoms with E-state index in [0.717, 1.165) is 18.3 Å². The maximum Gasteiger partial charge on any atom is 0.408 e. The molecular formula is C19H25NO3. The fraction of sp³-hybridized carbons (Fsp3) is 0.368. The number of allylic oxidation sites excluding steroid dienone is 2. The zero-order valence-corrected chi connectivity index (χ0v) is 14.0. The van der Waals surface area contributed by atoms with E-state index in [4.69, 9.17) is 4.74 Å². The highest BCUT2D eigenvalue weighted by Crippen LogP contribution is 2.22. The number of hydrogen-bond acceptors (Lipinski definition) is 3. The Kier molecular flexibility index (Phi) is 7.26. The Labute approximate surface area is 138 Å². The first kappa shape index (κ1) is 18.7. The summed E-state index contributed by atoms with van der Waals surface area (Å²) in [4.78, 5) is 23.6. The molecule has 0 radical (unpaired) electrons. The Morgan fingerprint density at radius 1 is 1.26 bits per heavy atom. The minimum Gasteiger partial charge on any atom is -0.444 e. The van der Waals surface area contributed by atoms with Crippen LogP contribution in [-0.4, -0.2) is 18.0 Å². The minimum atomic E-state index is -0.598. The third-order valence-electron chi connectivity index (χ3n) is 3.01. The fourth-order valence-electron chi connectivity index (χ4n) is 2.03. The van der Waals surface area contributed by atoms with Gasteiger partial charge in [-0.3, -0.25) is 4.79 Å². The minimum absolute atomic E-state index is 0.504. The summed E-state index contributed by atoms with van der Waals surface area (Å²) in [5.74, 6) is 0. The fourth-order valence-corrected chi connectivity index (χ4v) is 2.03. The molecule has 0 unspecified atom stereocenters. The molecule has 23 heavy (non-hydrogen) atoms. The van der Waals surface area contributed by atoms with Crippen LogP contribution < -0.4 is 5.32 Å². The number of hydrogen-bond donors (Lipinski definition) is 1. The van der Waals surface area contributed by atoms with E-state index in [1.165, 1.54) is 0 Å². The molecule has 4 nitrogen and oxygen atoms in total. The lowest BCUT2D eigenvalue weighted by molar-refractivity contribution is -0.105. The number of benzene rings is 1. The predicted octanol–water partition coefficient (Wildman–Crippen LogP) is 4.34. The van der Waals surface area contributed by atoms with E-state index in [-0.39, 0.29) is 0 Å². The van der Waals surface area contributed by atoms with Crippen molar-refractivity contribution in [2.45, 2.75) is 45.3 Å². The van der Waals surface area contributed by atoms with Gasteiger partial charge in [0.15, 0.2) is 0 Å². The molecule has 0 saturated heterocycles. The number of nitrogens with one attached hydrogen (secondary N) is 1. The van der Waals surface area contributed by atoms with Crippen LogP contribution in [0, 0.1) is 0 Å². The number of alkyl carbamates (subject to hydrolysis) is 1. The Hall–Kier alpha value is -2.36. The summed E-state index contributed by atoms with van der Waals surface area (Å²) in [6, 6.07) is 8.82. The van der Waals surface area contributed by atoms with Gasteiger partial charge in [-0.1, -0.05) is 42.5 Å². The van der Waals surface area contributed by atoms with E-state index in [1.54, 1.807) is 26.8 Å². The molecule has 1 aromatic carbocycles. The highest BCUT2D eigenvalue weighted by Gasteiger charge is 2.22. The molecule has 0 heterocycles. The van der Waals surface area contributed by atoms with Gasteiger partial charge in [0.25, 0.3) is 0 Å². The zero-order chi connectivity index (χ0) is 17.3. The van der Waals surface area contributed by atoms with Crippen LogP contribution in [0.1, 0.15) is 45.2 Å². The maximum atomic E-state index is 12.1. The van der Waals surface area contributed by atoms with Crippen molar-refractivity contribution in [1.82, 2.24) is 5.32 Å². The van der Waals surface area contributed by atoms with Crippen LogP contribution in [0.15, 0.2) is 54.6 Å². The van der Waals surface area contributed by atoms with Crippen LogP contribution >= 0.6 is 0 Å². The average Bonchev–Trinajstić information content (AvgIpc) is 2.49. The molecule has 0 aliphatic carbocycles. The molecule has 1 aromatic rings. The SMILES string of the molecule is C=CCC/C=C(\C=O)[C@H](NC(=O)OC(C)(C)C)c1ccccc1. The van der Waals surface area contributed by atoms with E-state index in [0.29, 0.717) is 12.0 Å². The number of aldehydes is 1. The quantitative estimate of drug-likeness (QED) is 0.352.